The summed E-state index contributed by atoms with van der Waals surface area (Å²) in [7, 11) is 0. The van der Waals surface area contributed by atoms with Crippen molar-refractivity contribution in [3.8, 4) is 22.3 Å². The number of hydrogen-bond donors (Lipinski definition) is 0. The van der Waals surface area contributed by atoms with Gasteiger partial charge in [-0.2, -0.15) is 0 Å². The molecule has 0 amide bonds. The maximum Gasteiger partial charge on any atom is 0.0619 e. The molecule has 0 saturated heterocycles. The van der Waals surface area contributed by atoms with Crippen LogP contribution in [0.3, 0.4) is 0 Å². The molecule has 0 unspecified atom stereocenters. The van der Waals surface area contributed by atoms with Gasteiger partial charge in [0.1, 0.15) is 0 Å². The van der Waals surface area contributed by atoms with Crippen LogP contribution in [0.25, 0.3) is 94.9 Å². The second kappa shape index (κ2) is 17.1. The maximum absolute atomic E-state index is 2.52. The summed E-state index contributed by atoms with van der Waals surface area (Å²) < 4.78 is 5.24. The summed E-state index contributed by atoms with van der Waals surface area (Å²) in [5, 5.41) is 12.3. The predicted molar refractivity (Wildman–Crippen MR) is 314 cm³/mol. The number of fused-ring (bicyclic) bond motifs is 9. The first kappa shape index (κ1) is 42.3. The van der Waals surface area contributed by atoms with E-state index >= 15 is 0 Å². The Morgan fingerprint density at radius 2 is 0.639 bits per heavy atom. The standard InChI is InChI=1S/C68H46N2S2/c1-43-17-11-23-49(37-43)69(51-25-13-21-45(39-51)55-31-15-33-59-57-29-7-9-35-63(57)71-67(55)59)65-53-27-5-3-19-47(53)42-62-61(65)41-48-20-4-6-28-54(48)66(62)70(50-24-12-18-44(2)38-50)52-26-14-22-46(40-52)56-32-16-34-60-58-30-8-10-36-64(58)72-68(56)60/h3-42H,1-2H3. The fourth-order valence-electron chi connectivity index (χ4n) is 11.2. The summed E-state index contributed by atoms with van der Waals surface area (Å²) >= 11 is 3.76. The molecule has 4 heteroatoms. The van der Waals surface area contributed by atoms with Crippen molar-refractivity contribution in [2.45, 2.75) is 13.8 Å². The first-order valence-corrected chi connectivity index (χ1v) is 26.3. The van der Waals surface area contributed by atoms with E-state index in [0.29, 0.717) is 0 Å². The lowest BCUT2D eigenvalue weighted by molar-refractivity contribution is 1.29. The van der Waals surface area contributed by atoms with Crippen LogP contribution in [0.15, 0.2) is 243 Å². The lowest BCUT2D eigenvalue weighted by Gasteiger charge is -2.32. The Morgan fingerprint density at radius 3 is 1.08 bits per heavy atom. The molecule has 0 fully saturated rings. The molecule has 0 saturated carbocycles. The molecule has 2 aromatic heterocycles. The molecule has 0 aliphatic heterocycles. The molecule has 72 heavy (non-hydrogen) atoms. The first-order valence-electron chi connectivity index (χ1n) is 24.6. The second-order valence-corrected chi connectivity index (χ2v) is 21.1. The number of aryl methyl sites for hydroxylation is 2. The van der Waals surface area contributed by atoms with E-state index in [1.54, 1.807) is 0 Å². The normalized spacial score (nSPS) is 11.8. The van der Waals surface area contributed by atoms with Gasteiger partial charge >= 0.3 is 0 Å². The third-order valence-corrected chi connectivity index (χ3v) is 16.9. The average Bonchev–Trinajstić information content (AvgIpc) is 4.00. The van der Waals surface area contributed by atoms with E-state index in [4.69, 9.17) is 0 Å². The van der Waals surface area contributed by atoms with E-state index in [2.05, 4.69) is 266 Å². The van der Waals surface area contributed by atoms with Gasteiger partial charge in [-0.05, 0) is 131 Å². The Balaban J connectivity index is 1.05. The molecule has 14 rings (SSSR count). The van der Waals surface area contributed by atoms with E-state index in [0.717, 1.165) is 34.1 Å². The van der Waals surface area contributed by atoms with Crippen LogP contribution in [0.4, 0.5) is 34.1 Å². The summed E-state index contributed by atoms with van der Waals surface area (Å²) in [6.45, 7) is 4.39. The molecule has 2 heterocycles. The molecule has 2 nitrogen and oxygen atoms in total. The Kier molecular flexibility index (Phi) is 10.1. The van der Waals surface area contributed by atoms with Crippen molar-refractivity contribution < 1.29 is 0 Å². The Labute approximate surface area is 426 Å². The number of rotatable bonds is 8. The largest absolute Gasteiger partial charge is 0.309 e. The van der Waals surface area contributed by atoms with Gasteiger partial charge in [0.25, 0.3) is 0 Å². The smallest absolute Gasteiger partial charge is 0.0619 e. The van der Waals surface area contributed by atoms with Gasteiger partial charge in [-0.1, -0.05) is 170 Å². The summed E-state index contributed by atoms with van der Waals surface area (Å²) in [6.07, 6.45) is 0. The van der Waals surface area contributed by atoms with E-state index in [9.17, 15) is 0 Å². The fraction of sp³-hybridized carbons (Fsp3) is 0.0294. The van der Waals surface area contributed by atoms with E-state index in [1.165, 1.54) is 106 Å². The third kappa shape index (κ3) is 6.98. The lowest BCUT2D eigenvalue weighted by atomic mass is 9.93. The zero-order chi connectivity index (χ0) is 47.9. The average molecular weight is 955 g/mol. The van der Waals surface area contributed by atoms with Crippen LogP contribution in [0.2, 0.25) is 0 Å². The molecule has 0 aliphatic rings. The first-order chi connectivity index (χ1) is 35.5. The molecule has 0 aliphatic carbocycles. The molecule has 340 valence electrons. The molecule has 0 radical (unpaired) electrons. The van der Waals surface area contributed by atoms with Crippen LogP contribution in [0.1, 0.15) is 11.1 Å². The molecular weight excluding hydrogens is 909 g/mol. The van der Waals surface area contributed by atoms with Crippen molar-refractivity contribution in [1.29, 1.82) is 0 Å². The molecule has 0 spiro atoms. The minimum Gasteiger partial charge on any atom is -0.309 e. The quantitative estimate of drug-likeness (QED) is 0.140. The van der Waals surface area contributed by atoms with Gasteiger partial charge in [-0.3, -0.25) is 0 Å². The third-order valence-electron chi connectivity index (χ3n) is 14.4. The summed E-state index contributed by atoms with van der Waals surface area (Å²) in [5.41, 5.74) is 14.0. The summed E-state index contributed by atoms with van der Waals surface area (Å²) in [6, 6.07) is 90.3. The van der Waals surface area contributed by atoms with Crippen molar-refractivity contribution in [3.05, 3.63) is 254 Å². The number of hydrogen-bond acceptors (Lipinski definition) is 4. The Hall–Kier alpha value is -8.54. The van der Waals surface area contributed by atoms with Gasteiger partial charge in [-0.25, -0.2) is 0 Å². The molecular formula is C68H46N2S2. The highest BCUT2D eigenvalue weighted by atomic mass is 32.1. The highest BCUT2D eigenvalue weighted by molar-refractivity contribution is 7.26. The van der Waals surface area contributed by atoms with Gasteiger partial charge < -0.3 is 9.80 Å². The maximum atomic E-state index is 2.52. The van der Waals surface area contributed by atoms with Crippen molar-refractivity contribution in [3.63, 3.8) is 0 Å². The van der Waals surface area contributed by atoms with Crippen LogP contribution in [-0.2, 0) is 0 Å². The summed E-state index contributed by atoms with van der Waals surface area (Å²) in [5.74, 6) is 0. The van der Waals surface area contributed by atoms with Crippen molar-refractivity contribution >= 4 is 129 Å². The van der Waals surface area contributed by atoms with Gasteiger partial charge in [0, 0.05) is 84.6 Å². The molecule has 0 N–H and O–H groups in total. The highest BCUT2D eigenvalue weighted by Crippen LogP contribution is 2.52. The van der Waals surface area contributed by atoms with Gasteiger partial charge in [0.2, 0.25) is 0 Å². The summed E-state index contributed by atoms with van der Waals surface area (Å²) in [4.78, 5) is 5.04. The molecule has 14 aromatic rings. The molecule has 0 atom stereocenters. The minimum absolute atomic E-state index is 1.10. The number of anilines is 6. The zero-order valence-electron chi connectivity index (χ0n) is 39.8. The SMILES string of the molecule is Cc1cccc(N(c2cccc(-c3cccc4c3sc3ccccc34)c2)c2c3ccccc3cc3c(N(c4cccc(C)c4)c4cccc(-c5cccc6c5sc5ccccc56)c4)c4ccccc4cc23)c1. The second-order valence-electron chi connectivity index (χ2n) is 19.0. The topological polar surface area (TPSA) is 6.48 Å². The molecule has 12 aromatic carbocycles. The lowest BCUT2D eigenvalue weighted by Crippen LogP contribution is -2.14. The predicted octanol–water partition coefficient (Wildman–Crippen LogP) is 20.8. The van der Waals surface area contributed by atoms with E-state index < -0.39 is 0 Å². The van der Waals surface area contributed by atoms with Crippen LogP contribution in [0.5, 0.6) is 0 Å². The van der Waals surface area contributed by atoms with Crippen molar-refractivity contribution in [2.75, 3.05) is 9.80 Å². The van der Waals surface area contributed by atoms with Crippen molar-refractivity contribution in [1.82, 2.24) is 0 Å². The van der Waals surface area contributed by atoms with Gasteiger partial charge in [0.05, 0.1) is 11.4 Å². The Bertz CT molecular complexity index is 4180. The Morgan fingerprint density at radius 1 is 0.278 bits per heavy atom. The monoisotopic (exact) mass is 954 g/mol. The van der Waals surface area contributed by atoms with Crippen LogP contribution in [0, 0.1) is 13.8 Å². The minimum atomic E-state index is 1.10. The molecule has 0 bridgehead atoms. The van der Waals surface area contributed by atoms with Crippen LogP contribution < -0.4 is 9.80 Å². The number of nitrogens with zero attached hydrogens (tertiary/aromatic N) is 2. The van der Waals surface area contributed by atoms with Crippen molar-refractivity contribution in [2.24, 2.45) is 0 Å². The van der Waals surface area contributed by atoms with E-state index in [-0.39, 0.29) is 0 Å². The number of benzene rings is 12. The zero-order valence-corrected chi connectivity index (χ0v) is 41.4. The van der Waals surface area contributed by atoms with Crippen LogP contribution in [-0.4, -0.2) is 0 Å². The fourth-order valence-corrected chi connectivity index (χ4v) is 13.7. The van der Waals surface area contributed by atoms with Gasteiger partial charge in [0.15, 0.2) is 0 Å². The highest BCUT2D eigenvalue weighted by Gasteiger charge is 2.26. The number of thiophene rings is 2. The van der Waals surface area contributed by atoms with Gasteiger partial charge in [-0.15, -0.1) is 22.7 Å². The van der Waals surface area contributed by atoms with Crippen LogP contribution >= 0.6 is 22.7 Å². The van der Waals surface area contributed by atoms with E-state index in [1.807, 2.05) is 22.7 Å².